The van der Waals surface area contributed by atoms with Crippen LogP contribution in [0, 0.1) is 0 Å². The SMILES string of the molecule is COC(=O)C(=O)O.Nc1ccccc1. The van der Waals surface area contributed by atoms with E-state index in [0.717, 1.165) is 12.8 Å². The lowest BCUT2D eigenvalue weighted by Gasteiger charge is -1.85. The van der Waals surface area contributed by atoms with E-state index in [9.17, 15) is 9.59 Å². The standard InChI is InChI=1S/C6H7N.C3H4O4/c7-6-4-2-1-3-5-6;1-7-3(6)2(4)5/h1-5H,7H2;1H3,(H,4,5). The highest BCUT2D eigenvalue weighted by atomic mass is 16.5. The molecule has 1 rings (SSSR count). The van der Waals surface area contributed by atoms with Crippen LogP contribution in [0.1, 0.15) is 0 Å². The maximum atomic E-state index is 9.69. The molecular weight excluding hydrogens is 186 g/mol. The maximum Gasteiger partial charge on any atom is 0.417 e. The van der Waals surface area contributed by atoms with E-state index in [1.54, 1.807) is 0 Å². The molecule has 3 N–H and O–H groups in total. The Bertz CT molecular complexity index is 297. The van der Waals surface area contributed by atoms with Gasteiger partial charge < -0.3 is 15.6 Å². The van der Waals surface area contributed by atoms with Crippen LogP contribution in [0.5, 0.6) is 0 Å². The zero-order valence-electron chi connectivity index (χ0n) is 7.64. The Morgan fingerprint density at radius 1 is 1.29 bits per heavy atom. The fraction of sp³-hybridized carbons (Fsp3) is 0.111. The molecule has 0 spiro atoms. The monoisotopic (exact) mass is 197 g/mol. The molecule has 0 aromatic heterocycles. The first-order valence-corrected chi connectivity index (χ1v) is 3.69. The molecule has 0 aliphatic heterocycles. The van der Waals surface area contributed by atoms with E-state index in [2.05, 4.69) is 4.74 Å². The first-order valence-electron chi connectivity index (χ1n) is 3.69. The minimum absolute atomic E-state index is 0.822. The predicted octanol–water partition coefficient (Wildman–Crippen LogP) is 0.513. The van der Waals surface area contributed by atoms with Gasteiger partial charge in [0.05, 0.1) is 7.11 Å². The Morgan fingerprint density at radius 3 is 1.93 bits per heavy atom. The average Bonchev–Trinajstić information content (AvgIpc) is 2.18. The van der Waals surface area contributed by atoms with E-state index in [-0.39, 0.29) is 0 Å². The Balaban J connectivity index is 0.000000241. The molecule has 0 saturated carbocycles. The van der Waals surface area contributed by atoms with Crippen LogP contribution in [0.15, 0.2) is 30.3 Å². The largest absolute Gasteiger partial charge is 0.473 e. The number of carboxylic acids is 1. The topological polar surface area (TPSA) is 89.6 Å². The molecule has 0 atom stereocenters. The number of rotatable bonds is 0. The lowest BCUT2D eigenvalue weighted by Crippen LogP contribution is -2.13. The summed E-state index contributed by atoms with van der Waals surface area (Å²) in [5.74, 6) is -2.80. The van der Waals surface area contributed by atoms with Crippen molar-refractivity contribution < 1.29 is 19.4 Å². The molecule has 0 saturated heterocycles. The quantitative estimate of drug-likeness (QED) is 0.359. The van der Waals surface area contributed by atoms with E-state index in [4.69, 9.17) is 10.8 Å². The molecule has 76 valence electrons. The van der Waals surface area contributed by atoms with Crippen molar-refractivity contribution in [2.75, 3.05) is 12.8 Å². The zero-order chi connectivity index (χ0) is 11.0. The summed E-state index contributed by atoms with van der Waals surface area (Å²) >= 11 is 0. The molecule has 5 nitrogen and oxygen atoms in total. The second-order valence-corrected chi connectivity index (χ2v) is 2.21. The number of aliphatic carboxylic acids is 1. The molecule has 0 aliphatic carbocycles. The van der Waals surface area contributed by atoms with Gasteiger partial charge in [-0.15, -0.1) is 0 Å². The number of hydrogen-bond donors (Lipinski definition) is 2. The third-order valence-electron chi connectivity index (χ3n) is 1.16. The number of anilines is 1. The van der Waals surface area contributed by atoms with E-state index in [0.29, 0.717) is 0 Å². The number of ether oxygens (including phenoxy) is 1. The van der Waals surface area contributed by atoms with Gasteiger partial charge in [-0.05, 0) is 12.1 Å². The van der Waals surface area contributed by atoms with Crippen molar-refractivity contribution in [3.63, 3.8) is 0 Å². The van der Waals surface area contributed by atoms with Gasteiger partial charge in [0.1, 0.15) is 0 Å². The number of benzene rings is 1. The summed E-state index contributed by atoms with van der Waals surface area (Å²) in [5, 5.41) is 7.71. The van der Waals surface area contributed by atoms with Crippen molar-refractivity contribution in [2.45, 2.75) is 0 Å². The fourth-order valence-electron chi connectivity index (χ4n) is 0.540. The van der Waals surface area contributed by atoms with E-state index in [1.807, 2.05) is 30.3 Å². The van der Waals surface area contributed by atoms with Gasteiger partial charge in [0, 0.05) is 5.69 Å². The molecule has 1 aromatic carbocycles. The van der Waals surface area contributed by atoms with Crippen molar-refractivity contribution in [2.24, 2.45) is 0 Å². The average molecular weight is 197 g/mol. The molecule has 0 amide bonds. The highest BCUT2D eigenvalue weighted by molar-refractivity contribution is 6.28. The number of esters is 1. The maximum absolute atomic E-state index is 9.69. The van der Waals surface area contributed by atoms with Gasteiger partial charge >= 0.3 is 11.9 Å². The number of carbonyl (C=O) groups is 2. The van der Waals surface area contributed by atoms with Gasteiger partial charge in [0.2, 0.25) is 0 Å². The second-order valence-electron chi connectivity index (χ2n) is 2.21. The summed E-state index contributed by atoms with van der Waals surface area (Å²) in [7, 11) is 1.01. The van der Waals surface area contributed by atoms with E-state index < -0.39 is 11.9 Å². The third kappa shape index (κ3) is 5.59. The second kappa shape index (κ2) is 6.47. The number of para-hydroxylation sites is 1. The van der Waals surface area contributed by atoms with Gasteiger partial charge in [0.15, 0.2) is 0 Å². The van der Waals surface area contributed by atoms with E-state index >= 15 is 0 Å². The number of nitrogens with two attached hydrogens (primary N) is 1. The summed E-state index contributed by atoms with van der Waals surface area (Å²) in [5.41, 5.74) is 6.18. The predicted molar refractivity (Wildman–Crippen MR) is 50.5 cm³/mol. The Morgan fingerprint density at radius 2 is 1.79 bits per heavy atom. The number of hydrogen-bond acceptors (Lipinski definition) is 4. The summed E-state index contributed by atoms with van der Waals surface area (Å²) in [6.45, 7) is 0. The summed E-state index contributed by atoms with van der Waals surface area (Å²) in [6.07, 6.45) is 0. The van der Waals surface area contributed by atoms with Crippen LogP contribution in [0.25, 0.3) is 0 Å². The van der Waals surface area contributed by atoms with Crippen LogP contribution in [-0.4, -0.2) is 24.2 Å². The van der Waals surface area contributed by atoms with Crippen molar-refractivity contribution in [1.82, 2.24) is 0 Å². The van der Waals surface area contributed by atoms with E-state index in [1.165, 1.54) is 0 Å². The Labute approximate surface area is 81.1 Å². The molecule has 1 aromatic rings. The van der Waals surface area contributed by atoms with Crippen molar-refractivity contribution in [3.8, 4) is 0 Å². The van der Waals surface area contributed by atoms with Crippen LogP contribution in [0.3, 0.4) is 0 Å². The first-order chi connectivity index (χ1) is 6.57. The van der Waals surface area contributed by atoms with Gasteiger partial charge in [-0.2, -0.15) is 0 Å². The molecule has 5 heteroatoms. The normalized spacial score (nSPS) is 8.07. The summed E-state index contributed by atoms with van der Waals surface area (Å²) in [4.78, 5) is 19.1. The Kier molecular flexibility index (Phi) is 5.53. The summed E-state index contributed by atoms with van der Waals surface area (Å²) < 4.78 is 3.77. The van der Waals surface area contributed by atoms with Crippen molar-refractivity contribution >= 4 is 17.6 Å². The lowest BCUT2D eigenvalue weighted by molar-refractivity contribution is -0.161. The highest BCUT2D eigenvalue weighted by Crippen LogP contribution is 1.95. The third-order valence-corrected chi connectivity index (χ3v) is 1.16. The smallest absolute Gasteiger partial charge is 0.417 e. The molecule has 0 radical (unpaired) electrons. The number of carbonyl (C=O) groups excluding carboxylic acids is 1. The zero-order valence-corrected chi connectivity index (χ0v) is 7.64. The van der Waals surface area contributed by atoms with Gasteiger partial charge in [0.25, 0.3) is 0 Å². The summed E-state index contributed by atoms with van der Waals surface area (Å²) in [6, 6.07) is 9.49. The fourth-order valence-corrected chi connectivity index (χ4v) is 0.540. The van der Waals surface area contributed by atoms with Crippen LogP contribution in [0.2, 0.25) is 0 Å². The van der Waals surface area contributed by atoms with Crippen molar-refractivity contribution in [3.05, 3.63) is 30.3 Å². The van der Waals surface area contributed by atoms with Crippen LogP contribution in [0.4, 0.5) is 5.69 Å². The molecule has 0 bridgehead atoms. The van der Waals surface area contributed by atoms with Crippen molar-refractivity contribution in [1.29, 1.82) is 0 Å². The minimum atomic E-state index is -1.57. The van der Waals surface area contributed by atoms with Crippen LogP contribution in [-0.2, 0) is 14.3 Å². The van der Waals surface area contributed by atoms with Gasteiger partial charge in [-0.3, -0.25) is 0 Å². The number of methoxy groups -OCH3 is 1. The minimum Gasteiger partial charge on any atom is -0.473 e. The molecule has 0 unspecified atom stereocenters. The van der Waals surface area contributed by atoms with Crippen LogP contribution >= 0.6 is 0 Å². The first kappa shape index (κ1) is 12.0. The molecule has 0 heterocycles. The molecule has 14 heavy (non-hydrogen) atoms. The van der Waals surface area contributed by atoms with Gasteiger partial charge in [-0.25, -0.2) is 9.59 Å². The highest BCUT2D eigenvalue weighted by Gasteiger charge is 2.08. The van der Waals surface area contributed by atoms with Crippen LogP contribution < -0.4 is 5.73 Å². The molecule has 0 aliphatic rings. The van der Waals surface area contributed by atoms with Gasteiger partial charge in [-0.1, -0.05) is 18.2 Å². The lowest BCUT2D eigenvalue weighted by atomic mass is 10.3. The Hall–Kier alpha value is -2.04. The number of carboxylic acid groups (broad SMARTS) is 1. The molecular formula is C9H11NO4. The molecule has 0 fully saturated rings. The number of nitrogen functional groups attached to an aromatic ring is 1.